The van der Waals surface area contributed by atoms with Gasteiger partial charge in [0.15, 0.2) is 0 Å². The second-order valence-corrected chi connectivity index (χ2v) is 7.99. The van der Waals surface area contributed by atoms with Crippen molar-refractivity contribution in [3.05, 3.63) is 66.1 Å². The summed E-state index contributed by atoms with van der Waals surface area (Å²) in [5.41, 5.74) is 4.86. The molecule has 0 aliphatic rings. The molecule has 2 N–H and O–H groups in total. The number of nitrogens with zero attached hydrogens (tertiary/aromatic N) is 3. The van der Waals surface area contributed by atoms with E-state index in [4.69, 9.17) is 4.98 Å². The zero-order valence-corrected chi connectivity index (χ0v) is 16.8. The van der Waals surface area contributed by atoms with Crippen LogP contribution in [0, 0.1) is 11.6 Å². The van der Waals surface area contributed by atoms with Crippen molar-refractivity contribution in [3.8, 4) is 11.4 Å². The Labute approximate surface area is 175 Å². The summed E-state index contributed by atoms with van der Waals surface area (Å²) in [5.74, 6) is -0.643. The maximum Gasteiger partial charge on any atom is 0.150 e. The molecule has 0 fully saturated rings. The molecule has 6 rings (SSSR count). The van der Waals surface area contributed by atoms with Crippen molar-refractivity contribution < 1.29 is 8.78 Å². The Kier molecular flexibility index (Phi) is 3.65. The van der Waals surface area contributed by atoms with Crippen LogP contribution in [0.5, 0.6) is 0 Å². The molecular formula is C24H17F2N5. The van der Waals surface area contributed by atoms with Crippen molar-refractivity contribution in [2.24, 2.45) is 0 Å². The van der Waals surface area contributed by atoms with Gasteiger partial charge in [-0.2, -0.15) is 0 Å². The van der Waals surface area contributed by atoms with E-state index in [0.717, 1.165) is 44.6 Å². The lowest BCUT2D eigenvalue weighted by Crippen LogP contribution is -1.92. The van der Waals surface area contributed by atoms with Gasteiger partial charge >= 0.3 is 0 Å². The molecule has 5 nitrogen and oxygen atoms in total. The summed E-state index contributed by atoms with van der Waals surface area (Å²) in [5, 5.41) is 2.23. The monoisotopic (exact) mass is 413 g/mol. The van der Waals surface area contributed by atoms with Gasteiger partial charge in [-0.1, -0.05) is 13.8 Å². The third-order valence-corrected chi connectivity index (χ3v) is 5.74. The van der Waals surface area contributed by atoms with E-state index in [1.807, 2.05) is 38.1 Å². The lowest BCUT2D eigenvalue weighted by atomic mass is 10.0. The standard InChI is InChI=1S/C24H17F2N5/c1-11(2)18-17(15-9-12(25)10-16(26)19(15)29-18)24-30-22-13-5-3-7-27-20(13)21-14(23(22)31-24)6-4-8-28-21/h3-11,29H,1-2H3,(H,30,31). The summed E-state index contributed by atoms with van der Waals surface area (Å²) in [6.45, 7) is 4.01. The predicted octanol–water partition coefficient (Wildman–Crippen LogP) is 6.21. The highest BCUT2D eigenvalue weighted by molar-refractivity contribution is 6.21. The van der Waals surface area contributed by atoms with Crippen LogP contribution in [0.25, 0.3) is 55.1 Å². The summed E-state index contributed by atoms with van der Waals surface area (Å²) in [6.07, 6.45) is 3.47. The number of rotatable bonds is 2. The Morgan fingerprint density at radius 1 is 0.806 bits per heavy atom. The fourth-order valence-electron chi connectivity index (χ4n) is 4.39. The molecule has 0 saturated heterocycles. The van der Waals surface area contributed by atoms with E-state index >= 15 is 0 Å². The number of imidazole rings is 1. The van der Waals surface area contributed by atoms with Gasteiger partial charge < -0.3 is 9.97 Å². The van der Waals surface area contributed by atoms with Gasteiger partial charge in [-0.3, -0.25) is 9.97 Å². The number of hydrogen-bond donors (Lipinski definition) is 2. The maximum absolute atomic E-state index is 14.5. The molecule has 0 spiro atoms. The zero-order valence-electron chi connectivity index (χ0n) is 16.8. The summed E-state index contributed by atoms with van der Waals surface area (Å²) in [6, 6.07) is 9.90. The van der Waals surface area contributed by atoms with Crippen LogP contribution in [0.2, 0.25) is 0 Å². The fourth-order valence-corrected chi connectivity index (χ4v) is 4.39. The Morgan fingerprint density at radius 2 is 1.52 bits per heavy atom. The van der Waals surface area contributed by atoms with E-state index in [9.17, 15) is 8.78 Å². The first-order chi connectivity index (χ1) is 15.0. The number of nitrogens with one attached hydrogen (secondary N) is 2. The average Bonchev–Trinajstić information content (AvgIpc) is 3.36. The topological polar surface area (TPSA) is 70.2 Å². The molecule has 0 amide bonds. The highest BCUT2D eigenvalue weighted by atomic mass is 19.1. The first-order valence-electron chi connectivity index (χ1n) is 10.0. The van der Waals surface area contributed by atoms with Crippen molar-refractivity contribution in [2.75, 3.05) is 0 Å². The van der Waals surface area contributed by atoms with Crippen LogP contribution in [-0.4, -0.2) is 24.9 Å². The molecule has 0 bridgehead atoms. The smallest absolute Gasteiger partial charge is 0.150 e. The van der Waals surface area contributed by atoms with Gasteiger partial charge in [-0.25, -0.2) is 13.8 Å². The first-order valence-corrected chi connectivity index (χ1v) is 10.0. The number of aromatic nitrogens is 5. The molecule has 152 valence electrons. The number of aromatic amines is 2. The summed E-state index contributed by atoms with van der Waals surface area (Å²) in [4.78, 5) is 20.5. The Morgan fingerprint density at radius 3 is 2.26 bits per heavy atom. The van der Waals surface area contributed by atoms with Crippen molar-refractivity contribution in [1.29, 1.82) is 0 Å². The fraction of sp³-hybridized carbons (Fsp3) is 0.125. The van der Waals surface area contributed by atoms with Crippen molar-refractivity contribution in [3.63, 3.8) is 0 Å². The number of pyridine rings is 2. The van der Waals surface area contributed by atoms with Crippen LogP contribution in [-0.2, 0) is 0 Å². The SMILES string of the molecule is CC(C)c1[nH]c2c(F)cc(F)cc2c1-c1nc2c3cccnc3c3ncccc3c2[nH]1. The Bertz CT molecular complexity index is 1570. The van der Waals surface area contributed by atoms with Crippen LogP contribution in [0.4, 0.5) is 8.78 Å². The van der Waals surface area contributed by atoms with Crippen molar-refractivity contribution >= 4 is 43.7 Å². The van der Waals surface area contributed by atoms with Gasteiger partial charge in [-0.15, -0.1) is 0 Å². The number of halogens is 2. The zero-order chi connectivity index (χ0) is 21.3. The van der Waals surface area contributed by atoms with Crippen LogP contribution in [0.3, 0.4) is 0 Å². The van der Waals surface area contributed by atoms with Crippen LogP contribution in [0.1, 0.15) is 25.5 Å². The largest absolute Gasteiger partial charge is 0.355 e. The van der Waals surface area contributed by atoms with Gasteiger partial charge in [-0.05, 0) is 36.2 Å². The van der Waals surface area contributed by atoms with E-state index in [1.165, 1.54) is 6.07 Å². The number of fused-ring (bicyclic) bond motifs is 7. The maximum atomic E-state index is 14.5. The Hall–Kier alpha value is -3.87. The minimum Gasteiger partial charge on any atom is -0.355 e. The molecule has 31 heavy (non-hydrogen) atoms. The number of hydrogen-bond acceptors (Lipinski definition) is 3. The van der Waals surface area contributed by atoms with Crippen LogP contribution >= 0.6 is 0 Å². The highest BCUT2D eigenvalue weighted by Crippen LogP contribution is 2.39. The molecule has 0 saturated carbocycles. The lowest BCUT2D eigenvalue weighted by molar-refractivity contribution is 0.590. The van der Waals surface area contributed by atoms with Crippen molar-refractivity contribution in [2.45, 2.75) is 19.8 Å². The molecule has 2 aromatic carbocycles. The molecular weight excluding hydrogens is 396 g/mol. The molecule has 0 atom stereocenters. The highest BCUT2D eigenvalue weighted by Gasteiger charge is 2.23. The van der Waals surface area contributed by atoms with Gasteiger partial charge in [0.1, 0.15) is 17.5 Å². The minimum absolute atomic E-state index is 0.0508. The molecule has 0 unspecified atom stereocenters. The van der Waals surface area contributed by atoms with Gasteiger partial charge in [0.05, 0.1) is 27.6 Å². The predicted molar refractivity (Wildman–Crippen MR) is 118 cm³/mol. The van der Waals surface area contributed by atoms with E-state index in [0.29, 0.717) is 16.8 Å². The Balaban J connectivity index is 1.78. The van der Waals surface area contributed by atoms with Gasteiger partial charge in [0, 0.05) is 45.9 Å². The van der Waals surface area contributed by atoms with E-state index in [1.54, 1.807) is 12.4 Å². The average molecular weight is 413 g/mol. The molecule has 7 heteroatoms. The van der Waals surface area contributed by atoms with Crippen LogP contribution < -0.4 is 0 Å². The molecule has 0 radical (unpaired) electrons. The quantitative estimate of drug-likeness (QED) is 0.332. The molecule has 6 aromatic rings. The van der Waals surface area contributed by atoms with Gasteiger partial charge in [0.2, 0.25) is 0 Å². The number of H-pyrrole nitrogens is 2. The van der Waals surface area contributed by atoms with E-state index < -0.39 is 11.6 Å². The normalized spacial score (nSPS) is 12.2. The number of benzene rings is 2. The van der Waals surface area contributed by atoms with E-state index in [2.05, 4.69) is 19.9 Å². The minimum atomic E-state index is -0.624. The van der Waals surface area contributed by atoms with Crippen LogP contribution in [0.15, 0.2) is 48.8 Å². The second-order valence-electron chi connectivity index (χ2n) is 7.99. The summed E-state index contributed by atoms with van der Waals surface area (Å²) < 4.78 is 28.6. The molecule has 4 aromatic heterocycles. The van der Waals surface area contributed by atoms with Gasteiger partial charge in [0.25, 0.3) is 0 Å². The third-order valence-electron chi connectivity index (χ3n) is 5.74. The lowest BCUT2D eigenvalue weighted by Gasteiger charge is -2.05. The molecule has 0 aliphatic heterocycles. The summed E-state index contributed by atoms with van der Waals surface area (Å²) >= 11 is 0. The first kappa shape index (κ1) is 17.9. The molecule has 0 aliphatic carbocycles. The molecule has 4 heterocycles. The van der Waals surface area contributed by atoms with Crippen molar-refractivity contribution in [1.82, 2.24) is 24.9 Å². The third kappa shape index (κ3) is 2.49. The van der Waals surface area contributed by atoms with E-state index in [-0.39, 0.29) is 11.4 Å². The summed E-state index contributed by atoms with van der Waals surface area (Å²) in [7, 11) is 0. The second kappa shape index (κ2) is 6.31.